The van der Waals surface area contributed by atoms with Gasteiger partial charge in [0.05, 0.1) is 23.8 Å². The Kier molecular flexibility index (Phi) is 5.39. The summed E-state index contributed by atoms with van der Waals surface area (Å²) in [5.41, 5.74) is 2.19. The van der Waals surface area contributed by atoms with Crippen molar-refractivity contribution in [2.45, 2.75) is 39.1 Å². The predicted molar refractivity (Wildman–Crippen MR) is 111 cm³/mol. The first-order chi connectivity index (χ1) is 14.5. The maximum absolute atomic E-state index is 14.6. The molecule has 9 nitrogen and oxygen atoms in total. The normalized spacial score (nSPS) is 19.1. The molecule has 1 saturated heterocycles. The molecule has 2 N–H and O–H groups in total. The Labute approximate surface area is 172 Å². The van der Waals surface area contributed by atoms with Crippen molar-refractivity contribution in [1.82, 2.24) is 29.6 Å². The third-order valence-electron chi connectivity index (χ3n) is 5.14. The second kappa shape index (κ2) is 8.13. The van der Waals surface area contributed by atoms with Gasteiger partial charge in [0.15, 0.2) is 0 Å². The second-order valence-corrected chi connectivity index (χ2v) is 7.21. The van der Waals surface area contributed by atoms with Crippen LogP contribution in [0.3, 0.4) is 0 Å². The number of fused-ring (bicyclic) bond motifs is 1. The van der Waals surface area contributed by atoms with Crippen LogP contribution < -0.4 is 10.1 Å². The lowest BCUT2D eigenvalue weighted by atomic mass is 10.1. The number of aryl methyl sites for hydroxylation is 2. The van der Waals surface area contributed by atoms with Gasteiger partial charge in [-0.25, -0.2) is 4.39 Å². The van der Waals surface area contributed by atoms with Gasteiger partial charge in [-0.1, -0.05) is 6.58 Å². The number of likely N-dealkylation sites (tertiary alicyclic amines) is 1. The molecular weight excluding hydrogens is 389 g/mol. The number of amides is 1. The molecule has 0 saturated carbocycles. The number of alkyl halides is 1. The number of H-pyrrole nitrogens is 1. The molecule has 3 aromatic rings. The Bertz CT molecular complexity index is 1080. The zero-order valence-electron chi connectivity index (χ0n) is 16.9. The largest absolute Gasteiger partial charge is 0.469 e. The first-order valence-corrected chi connectivity index (χ1v) is 9.85. The van der Waals surface area contributed by atoms with Gasteiger partial charge in [-0.2, -0.15) is 15.1 Å². The molecule has 4 rings (SSSR count). The molecule has 4 heterocycles. The van der Waals surface area contributed by atoms with E-state index in [0.29, 0.717) is 23.5 Å². The summed E-state index contributed by atoms with van der Waals surface area (Å²) in [4.78, 5) is 25.6. The summed E-state index contributed by atoms with van der Waals surface area (Å²) >= 11 is 0. The van der Waals surface area contributed by atoms with Crippen LogP contribution in [0.25, 0.3) is 11.0 Å². The molecule has 0 radical (unpaired) electrons. The average molecular weight is 413 g/mol. The summed E-state index contributed by atoms with van der Waals surface area (Å²) in [5, 5.41) is 8.01. The highest BCUT2D eigenvalue weighted by Crippen LogP contribution is 2.30. The summed E-state index contributed by atoms with van der Waals surface area (Å²) in [5.74, 6) is 0.335. The summed E-state index contributed by atoms with van der Waals surface area (Å²) in [7, 11) is 0. The van der Waals surface area contributed by atoms with Crippen LogP contribution in [0.5, 0.6) is 5.88 Å². The standard InChI is InChI=1S/C20H24FN7O2/c1-4-16(29)27-7-6-14(21)15(11-27)30-19-17-12(3)8-22-18(17)25-20(26-19)24-13-9-23-28(5-2)10-13/h4,8-10,14-15H,1,5-7,11H2,2-3H3,(H2,22,24,25,26)/t14-,15+/m0/s1. The van der Waals surface area contributed by atoms with E-state index < -0.39 is 12.3 Å². The van der Waals surface area contributed by atoms with E-state index in [1.54, 1.807) is 17.1 Å². The summed E-state index contributed by atoms with van der Waals surface area (Å²) in [6.07, 6.45) is 4.71. The fourth-order valence-corrected chi connectivity index (χ4v) is 3.49. The number of hydrogen-bond acceptors (Lipinski definition) is 6. The molecule has 0 unspecified atom stereocenters. The Morgan fingerprint density at radius 3 is 3.07 bits per heavy atom. The molecule has 1 fully saturated rings. The van der Waals surface area contributed by atoms with Crippen molar-refractivity contribution in [2.24, 2.45) is 0 Å². The number of hydrogen-bond donors (Lipinski definition) is 2. The molecule has 1 amide bonds. The summed E-state index contributed by atoms with van der Waals surface area (Å²) in [6, 6.07) is 0. The highest BCUT2D eigenvalue weighted by molar-refractivity contribution is 5.87. The fraction of sp³-hybridized carbons (Fsp3) is 0.400. The van der Waals surface area contributed by atoms with Gasteiger partial charge >= 0.3 is 0 Å². The number of ether oxygens (including phenoxy) is 1. The number of nitrogens with one attached hydrogen (secondary N) is 2. The number of rotatable bonds is 6. The van der Waals surface area contributed by atoms with Crippen molar-refractivity contribution in [2.75, 3.05) is 18.4 Å². The molecule has 0 aliphatic carbocycles. The summed E-state index contributed by atoms with van der Waals surface area (Å²) in [6.45, 7) is 8.60. The first-order valence-electron chi connectivity index (χ1n) is 9.85. The number of carbonyl (C=O) groups is 1. The van der Waals surface area contributed by atoms with E-state index in [1.165, 1.54) is 11.0 Å². The SMILES string of the molecule is C=CC(=O)N1CC[C@H](F)[C@H](Oc2nc(Nc3cnn(CC)c3)nc3[nH]cc(C)c23)C1. The lowest BCUT2D eigenvalue weighted by Gasteiger charge is -2.34. The first kappa shape index (κ1) is 19.9. The van der Waals surface area contributed by atoms with E-state index in [9.17, 15) is 9.18 Å². The van der Waals surface area contributed by atoms with E-state index in [1.807, 2.05) is 20.0 Å². The van der Waals surface area contributed by atoms with E-state index >= 15 is 0 Å². The number of halogens is 1. The zero-order valence-corrected chi connectivity index (χ0v) is 16.9. The molecule has 0 spiro atoms. The van der Waals surface area contributed by atoms with Gasteiger partial charge < -0.3 is 19.9 Å². The molecule has 30 heavy (non-hydrogen) atoms. The average Bonchev–Trinajstić information content (AvgIpc) is 3.35. The van der Waals surface area contributed by atoms with Gasteiger partial charge in [0.2, 0.25) is 17.7 Å². The van der Waals surface area contributed by atoms with Crippen LogP contribution in [0.15, 0.2) is 31.2 Å². The third kappa shape index (κ3) is 3.85. The molecular formula is C20H24FN7O2. The van der Waals surface area contributed by atoms with E-state index in [4.69, 9.17) is 4.74 Å². The minimum atomic E-state index is -1.21. The van der Waals surface area contributed by atoms with E-state index in [-0.39, 0.29) is 24.8 Å². The van der Waals surface area contributed by atoms with Crippen molar-refractivity contribution in [3.8, 4) is 5.88 Å². The molecule has 1 aliphatic rings. The maximum atomic E-state index is 14.6. The number of piperidine rings is 1. The predicted octanol–water partition coefficient (Wildman–Crippen LogP) is 2.73. The quantitative estimate of drug-likeness (QED) is 0.603. The van der Waals surface area contributed by atoms with E-state index in [0.717, 1.165) is 17.8 Å². The zero-order chi connectivity index (χ0) is 21.3. The van der Waals surface area contributed by atoms with Crippen LogP contribution in [-0.4, -0.2) is 60.9 Å². The third-order valence-corrected chi connectivity index (χ3v) is 5.14. The smallest absolute Gasteiger partial charge is 0.246 e. The lowest BCUT2D eigenvalue weighted by Crippen LogP contribution is -2.49. The van der Waals surface area contributed by atoms with Gasteiger partial charge in [-0.05, 0) is 31.9 Å². The Morgan fingerprint density at radius 2 is 2.33 bits per heavy atom. The molecule has 1 aliphatic heterocycles. The van der Waals surface area contributed by atoms with Gasteiger partial charge in [-0.15, -0.1) is 0 Å². The highest BCUT2D eigenvalue weighted by Gasteiger charge is 2.33. The number of anilines is 2. The molecule has 0 bridgehead atoms. The van der Waals surface area contributed by atoms with Crippen LogP contribution in [0.1, 0.15) is 18.9 Å². The van der Waals surface area contributed by atoms with Crippen LogP contribution in [0.4, 0.5) is 16.0 Å². The van der Waals surface area contributed by atoms with Crippen molar-refractivity contribution in [3.63, 3.8) is 0 Å². The molecule has 2 atom stereocenters. The van der Waals surface area contributed by atoms with Crippen LogP contribution in [-0.2, 0) is 11.3 Å². The Hall–Kier alpha value is -3.43. The van der Waals surface area contributed by atoms with Gasteiger partial charge in [0.25, 0.3) is 0 Å². The van der Waals surface area contributed by atoms with Crippen molar-refractivity contribution < 1.29 is 13.9 Å². The van der Waals surface area contributed by atoms with Crippen molar-refractivity contribution in [1.29, 1.82) is 0 Å². The van der Waals surface area contributed by atoms with Gasteiger partial charge in [0.1, 0.15) is 17.9 Å². The number of carbonyl (C=O) groups excluding carboxylic acids is 1. The highest BCUT2D eigenvalue weighted by atomic mass is 19.1. The lowest BCUT2D eigenvalue weighted by molar-refractivity contribution is -0.130. The second-order valence-electron chi connectivity index (χ2n) is 7.21. The Balaban J connectivity index is 1.64. The monoisotopic (exact) mass is 413 g/mol. The number of aromatic amines is 1. The molecule has 3 aromatic heterocycles. The molecule has 0 aromatic carbocycles. The molecule has 158 valence electrons. The van der Waals surface area contributed by atoms with Gasteiger partial charge in [-0.3, -0.25) is 9.48 Å². The molecule has 10 heteroatoms. The number of aromatic nitrogens is 5. The number of nitrogens with zero attached hydrogens (tertiary/aromatic N) is 5. The van der Waals surface area contributed by atoms with Crippen molar-refractivity contribution in [3.05, 3.63) is 36.8 Å². The fourth-order valence-electron chi connectivity index (χ4n) is 3.49. The minimum Gasteiger partial charge on any atom is -0.469 e. The van der Waals surface area contributed by atoms with Crippen LogP contribution >= 0.6 is 0 Å². The van der Waals surface area contributed by atoms with Crippen molar-refractivity contribution >= 4 is 28.6 Å². The minimum absolute atomic E-state index is 0.132. The maximum Gasteiger partial charge on any atom is 0.246 e. The topological polar surface area (TPSA) is 101 Å². The van der Waals surface area contributed by atoms with E-state index in [2.05, 4.69) is 31.9 Å². The van der Waals surface area contributed by atoms with Crippen LogP contribution in [0, 0.1) is 6.92 Å². The summed E-state index contributed by atoms with van der Waals surface area (Å²) < 4.78 is 22.4. The Morgan fingerprint density at radius 1 is 1.50 bits per heavy atom. The van der Waals surface area contributed by atoms with Gasteiger partial charge in [0, 0.05) is 25.5 Å². The van der Waals surface area contributed by atoms with Crippen LogP contribution in [0.2, 0.25) is 0 Å².